The Kier molecular flexibility index (Phi) is 4.16. The summed E-state index contributed by atoms with van der Waals surface area (Å²) in [5, 5.41) is 19.2. The zero-order valence-electron chi connectivity index (χ0n) is 13.7. The van der Waals surface area contributed by atoms with Crippen molar-refractivity contribution in [2.75, 3.05) is 0 Å². The van der Waals surface area contributed by atoms with Gasteiger partial charge in [0, 0.05) is 12.0 Å². The molecule has 2 N–H and O–H groups in total. The number of Topliss-reactive ketones (excluding diaryl/α,β-unsaturated/α-hetero) is 2. The fourth-order valence-corrected chi connectivity index (χ4v) is 2.81. The van der Waals surface area contributed by atoms with E-state index in [4.69, 9.17) is 5.11 Å². The number of fused-ring (bicyclic) bond motifs is 1. The Bertz CT molecular complexity index is 753. The Morgan fingerprint density at radius 1 is 1.09 bits per heavy atom. The van der Waals surface area contributed by atoms with Crippen molar-refractivity contribution in [3.05, 3.63) is 40.0 Å². The van der Waals surface area contributed by atoms with Crippen LogP contribution in [0, 0.1) is 13.8 Å². The molecule has 0 fully saturated rings. The van der Waals surface area contributed by atoms with Crippen molar-refractivity contribution >= 4 is 23.3 Å². The number of carbonyl (C=O) groups is 3. The summed E-state index contributed by atoms with van der Waals surface area (Å²) >= 11 is 0. The normalized spacial score (nSPS) is 16.3. The quantitative estimate of drug-likeness (QED) is 0.833. The average Bonchev–Trinajstić information content (AvgIpc) is 2.45. The standard InChI is InChI=1S/C18H20O5/c1-9-7-11-12(8-10(9)2)18(3,4)17(23)15(16(11)22)13(19)5-6-14(20)21/h7-8,22H,5-6H2,1-4H3,(H,20,21). The van der Waals surface area contributed by atoms with Gasteiger partial charge in [0.05, 0.1) is 11.8 Å². The van der Waals surface area contributed by atoms with Gasteiger partial charge in [0.1, 0.15) is 11.3 Å². The van der Waals surface area contributed by atoms with Gasteiger partial charge in [-0.15, -0.1) is 0 Å². The van der Waals surface area contributed by atoms with E-state index in [0.717, 1.165) is 11.1 Å². The van der Waals surface area contributed by atoms with E-state index in [1.807, 2.05) is 19.9 Å². The SMILES string of the molecule is Cc1cc2c(cc1C)C(C)(C)C(=O)C(C(=O)CCC(=O)O)=C2O. The van der Waals surface area contributed by atoms with E-state index in [9.17, 15) is 19.5 Å². The van der Waals surface area contributed by atoms with Crippen LogP contribution < -0.4 is 0 Å². The first-order chi connectivity index (χ1) is 10.6. The molecule has 0 saturated heterocycles. The number of carbonyl (C=O) groups excluding carboxylic acids is 2. The molecular weight excluding hydrogens is 296 g/mol. The number of aliphatic hydroxyl groups is 1. The third kappa shape index (κ3) is 2.79. The maximum atomic E-state index is 12.7. The van der Waals surface area contributed by atoms with Gasteiger partial charge in [0.25, 0.3) is 0 Å². The molecule has 0 aromatic heterocycles. The molecule has 0 amide bonds. The summed E-state index contributed by atoms with van der Waals surface area (Å²) in [7, 11) is 0. The third-order valence-corrected chi connectivity index (χ3v) is 4.44. The number of carboxylic acids is 1. The number of aliphatic hydroxyl groups excluding tert-OH is 1. The number of carboxylic acid groups (broad SMARTS) is 1. The molecule has 0 heterocycles. The number of aryl methyl sites for hydroxylation is 2. The summed E-state index contributed by atoms with van der Waals surface area (Å²) in [4.78, 5) is 35.6. The van der Waals surface area contributed by atoms with Gasteiger partial charge in [-0.2, -0.15) is 0 Å². The lowest BCUT2D eigenvalue weighted by Gasteiger charge is -2.32. The van der Waals surface area contributed by atoms with E-state index in [2.05, 4.69) is 0 Å². The maximum Gasteiger partial charge on any atom is 0.303 e. The Morgan fingerprint density at radius 2 is 1.65 bits per heavy atom. The number of hydrogen-bond donors (Lipinski definition) is 2. The Balaban J connectivity index is 2.62. The van der Waals surface area contributed by atoms with Gasteiger partial charge < -0.3 is 10.2 Å². The number of rotatable bonds is 4. The zero-order valence-corrected chi connectivity index (χ0v) is 13.7. The van der Waals surface area contributed by atoms with Gasteiger partial charge in [-0.3, -0.25) is 14.4 Å². The van der Waals surface area contributed by atoms with Crippen LogP contribution in [0.4, 0.5) is 0 Å². The lowest BCUT2D eigenvalue weighted by atomic mass is 9.69. The summed E-state index contributed by atoms with van der Waals surface area (Å²) in [5.74, 6) is -2.57. The van der Waals surface area contributed by atoms with E-state index in [1.165, 1.54) is 0 Å². The van der Waals surface area contributed by atoms with Crippen LogP contribution >= 0.6 is 0 Å². The van der Waals surface area contributed by atoms with E-state index in [0.29, 0.717) is 11.1 Å². The fourth-order valence-electron chi connectivity index (χ4n) is 2.81. The molecule has 0 saturated carbocycles. The molecule has 0 spiro atoms. The molecule has 1 aromatic rings. The van der Waals surface area contributed by atoms with Gasteiger partial charge in [-0.05, 0) is 50.5 Å². The monoisotopic (exact) mass is 316 g/mol. The summed E-state index contributed by atoms with van der Waals surface area (Å²) in [6.45, 7) is 7.22. The van der Waals surface area contributed by atoms with Gasteiger partial charge in [-0.1, -0.05) is 6.07 Å². The van der Waals surface area contributed by atoms with Crippen LogP contribution in [0.2, 0.25) is 0 Å². The van der Waals surface area contributed by atoms with E-state index in [1.54, 1.807) is 19.9 Å². The van der Waals surface area contributed by atoms with Crippen molar-refractivity contribution in [2.45, 2.75) is 46.0 Å². The number of benzene rings is 1. The highest BCUT2D eigenvalue weighted by Crippen LogP contribution is 2.41. The number of hydrogen-bond acceptors (Lipinski definition) is 4. The molecule has 0 unspecified atom stereocenters. The molecule has 0 bridgehead atoms. The highest BCUT2D eigenvalue weighted by molar-refractivity contribution is 6.29. The van der Waals surface area contributed by atoms with E-state index < -0.39 is 23.0 Å². The largest absolute Gasteiger partial charge is 0.506 e. The van der Waals surface area contributed by atoms with Gasteiger partial charge in [0.15, 0.2) is 11.6 Å². The minimum atomic E-state index is -1.12. The maximum absolute atomic E-state index is 12.7. The predicted octanol–water partition coefficient (Wildman–Crippen LogP) is 2.87. The number of ketones is 2. The molecule has 1 aliphatic carbocycles. The third-order valence-electron chi connectivity index (χ3n) is 4.44. The Labute approximate surface area is 134 Å². The highest BCUT2D eigenvalue weighted by atomic mass is 16.4. The lowest BCUT2D eigenvalue weighted by molar-refractivity contribution is -0.138. The van der Waals surface area contributed by atoms with Crippen molar-refractivity contribution in [3.63, 3.8) is 0 Å². The van der Waals surface area contributed by atoms with Crippen LogP contribution in [0.1, 0.15) is 48.9 Å². The topological polar surface area (TPSA) is 91.7 Å². The molecule has 1 aromatic carbocycles. The van der Waals surface area contributed by atoms with Crippen molar-refractivity contribution in [1.29, 1.82) is 0 Å². The smallest absolute Gasteiger partial charge is 0.303 e. The Morgan fingerprint density at radius 3 is 2.22 bits per heavy atom. The van der Waals surface area contributed by atoms with Gasteiger partial charge in [-0.25, -0.2) is 0 Å². The van der Waals surface area contributed by atoms with Crippen LogP contribution in [0.15, 0.2) is 17.7 Å². The highest BCUT2D eigenvalue weighted by Gasteiger charge is 2.43. The van der Waals surface area contributed by atoms with Crippen LogP contribution in [-0.4, -0.2) is 27.7 Å². The summed E-state index contributed by atoms with van der Waals surface area (Å²) in [5.41, 5.74) is 1.85. The molecule has 1 aliphatic rings. The van der Waals surface area contributed by atoms with Crippen molar-refractivity contribution in [3.8, 4) is 0 Å². The molecule has 5 nitrogen and oxygen atoms in total. The second-order valence-electron chi connectivity index (χ2n) is 6.48. The molecule has 2 rings (SSSR count). The molecule has 0 atom stereocenters. The summed E-state index contributed by atoms with van der Waals surface area (Å²) in [6.07, 6.45) is -0.681. The van der Waals surface area contributed by atoms with E-state index >= 15 is 0 Å². The van der Waals surface area contributed by atoms with Crippen LogP contribution in [-0.2, 0) is 19.8 Å². The number of allylic oxidation sites excluding steroid dienone is 1. The average molecular weight is 316 g/mol. The lowest BCUT2D eigenvalue weighted by Crippen LogP contribution is -2.38. The molecule has 0 aliphatic heterocycles. The fraction of sp³-hybridized carbons (Fsp3) is 0.389. The predicted molar refractivity (Wildman–Crippen MR) is 85.4 cm³/mol. The van der Waals surface area contributed by atoms with Crippen LogP contribution in [0.25, 0.3) is 5.76 Å². The minimum Gasteiger partial charge on any atom is -0.506 e. The summed E-state index contributed by atoms with van der Waals surface area (Å²) in [6, 6.07) is 3.62. The molecular formula is C18H20O5. The second-order valence-corrected chi connectivity index (χ2v) is 6.48. The number of aliphatic carboxylic acids is 1. The van der Waals surface area contributed by atoms with Crippen molar-refractivity contribution in [2.24, 2.45) is 0 Å². The summed E-state index contributed by atoms with van der Waals surface area (Å²) < 4.78 is 0. The molecule has 0 radical (unpaired) electrons. The first kappa shape index (κ1) is 16.9. The first-order valence-corrected chi connectivity index (χ1v) is 7.42. The van der Waals surface area contributed by atoms with E-state index in [-0.39, 0.29) is 24.2 Å². The first-order valence-electron chi connectivity index (χ1n) is 7.42. The molecule has 122 valence electrons. The van der Waals surface area contributed by atoms with Crippen LogP contribution in [0.3, 0.4) is 0 Å². The van der Waals surface area contributed by atoms with Crippen molar-refractivity contribution in [1.82, 2.24) is 0 Å². The second kappa shape index (κ2) is 5.65. The van der Waals surface area contributed by atoms with Gasteiger partial charge >= 0.3 is 5.97 Å². The molecule has 23 heavy (non-hydrogen) atoms. The Hall–Kier alpha value is -2.43. The zero-order chi connectivity index (χ0) is 17.5. The molecule has 5 heteroatoms. The van der Waals surface area contributed by atoms with Crippen molar-refractivity contribution < 1.29 is 24.6 Å². The van der Waals surface area contributed by atoms with Gasteiger partial charge in [0.2, 0.25) is 0 Å². The minimum absolute atomic E-state index is 0.285. The van der Waals surface area contributed by atoms with Crippen LogP contribution in [0.5, 0.6) is 0 Å².